The summed E-state index contributed by atoms with van der Waals surface area (Å²) in [6.07, 6.45) is -3.96. The maximum Gasteiger partial charge on any atom is 0.434 e. The Balaban J connectivity index is 2.76. The number of amides is 1. The molecule has 2 unspecified atom stereocenters. The number of hydrogen-bond acceptors (Lipinski definition) is 4. The third kappa shape index (κ3) is 4.45. The molecule has 0 aliphatic rings. The molecule has 0 aliphatic carbocycles. The minimum Gasteiger partial charge on any atom is -0.347 e. The van der Waals surface area contributed by atoms with Crippen molar-refractivity contribution in [1.82, 2.24) is 15.6 Å². The second-order valence-electron chi connectivity index (χ2n) is 4.50. The van der Waals surface area contributed by atoms with Gasteiger partial charge in [0.05, 0.1) is 6.04 Å². The molecule has 2 atom stereocenters. The molecule has 0 saturated carbocycles. The first-order valence-corrected chi connectivity index (χ1v) is 7.15. The maximum absolute atomic E-state index is 12.5. The normalized spacial score (nSPS) is 14.9. The van der Waals surface area contributed by atoms with Crippen LogP contribution in [-0.2, 0) is 11.0 Å². The molecule has 1 heterocycles. The Morgan fingerprint density at radius 1 is 1.50 bits per heavy atom. The Morgan fingerprint density at radius 3 is 2.60 bits per heavy atom. The molecule has 114 valence electrons. The van der Waals surface area contributed by atoms with Crippen LogP contribution < -0.4 is 10.6 Å². The van der Waals surface area contributed by atoms with Crippen LogP contribution in [0.1, 0.15) is 37.0 Å². The topological polar surface area (TPSA) is 54.0 Å². The van der Waals surface area contributed by atoms with Crippen LogP contribution in [0.4, 0.5) is 13.2 Å². The molecule has 1 aromatic heterocycles. The highest BCUT2D eigenvalue weighted by Crippen LogP contribution is 2.32. The maximum atomic E-state index is 12.5. The molecule has 2 N–H and O–H groups in total. The van der Waals surface area contributed by atoms with Gasteiger partial charge in [-0.15, -0.1) is 11.3 Å². The molecule has 4 nitrogen and oxygen atoms in total. The average Bonchev–Trinajstić information content (AvgIpc) is 2.85. The number of nitrogens with one attached hydrogen (secondary N) is 2. The molecule has 1 rings (SSSR count). The zero-order valence-corrected chi connectivity index (χ0v) is 12.4. The molecule has 20 heavy (non-hydrogen) atoms. The Hall–Kier alpha value is -1.15. The minimum atomic E-state index is -4.45. The van der Waals surface area contributed by atoms with E-state index in [0.717, 1.165) is 16.7 Å². The molecule has 0 bridgehead atoms. The zero-order chi connectivity index (χ0) is 15.3. The highest BCUT2D eigenvalue weighted by atomic mass is 32.1. The smallest absolute Gasteiger partial charge is 0.347 e. The van der Waals surface area contributed by atoms with Crippen molar-refractivity contribution >= 4 is 17.2 Å². The number of nitrogens with zero attached hydrogens (tertiary/aromatic N) is 1. The summed E-state index contributed by atoms with van der Waals surface area (Å²) in [5.41, 5.74) is -0.909. The van der Waals surface area contributed by atoms with Crippen LogP contribution in [0.15, 0.2) is 5.38 Å². The van der Waals surface area contributed by atoms with Gasteiger partial charge in [-0.2, -0.15) is 13.2 Å². The lowest BCUT2D eigenvalue weighted by Gasteiger charge is -2.18. The lowest BCUT2D eigenvalue weighted by Crippen LogP contribution is -2.36. The Morgan fingerprint density at radius 2 is 2.15 bits per heavy atom. The quantitative estimate of drug-likeness (QED) is 0.849. The molecule has 0 radical (unpaired) electrons. The summed E-state index contributed by atoms with van der Waals surface area (Å²) < 4.78 is 37.5. The van der Waals surface area contributed by atoms with Crippen molar-refractivity contribution in [2.75, 3.05) is 13.6 Å². The van der Waals surface area contributed by atoms with Crippen LogP contribution in [0, 0.1) is 5.92 Å². The van der Waals surface area contributed by atoms with Crippen molar-refractivity contribution in [3.05, 3.63) is 16.1 Å². The zero-order valence-electron chi connectivity index (χ0n) is 11.5. The fourth-order valence-electron chi connectivity index (χ4n) is 1.63. The SMILES string of the molecule is CCC(NC(=O)C(C)CNC)c1nc(C(F)(F)F)cs1. The van der Waals surface area contributed by atoms with Gasteiger partial charge in [-0.25, -0.2) is 4.98 Å². The third-order valence-corrected chi connectivity index (χ3v) is 3.75. The summed E-state index contributed by atoms with van der Waals surface area (Å²) in [4.78, 5) is 15.5. The van der Waals surface area contributed by atoms with Gasteiger partial charge >= 0.3 is 6.18 Å². The van der Waals surface area contributed by atoms with Gasteiger partial charge in [0.15, 0.2) is 5.69 Å². The standard InChI is InChI=1S/C12H18F3N3OS/c1-4-8(17-10(19)7(2)5-16-3)11-18-9(6-20-11)12(13,14)15/h6-8,16H,4-5H2,1-3H3,(H,17,19). The highest BCUT2D eigenvalue weighted by Gasteiger charge is 2.34. The Labute approximate surface area is 119 Å². The number of alkyl halides is 3. The highest BCUT2D eigenvalue weighted by molar-refractivity contribution is 7.09. The van der Waals surface area contributed by atoms with Crippen molar-refractivity contribution in [3.63, 3.8) is 0 Å². The lowest BCUT2D eigenvalue weighted by molar-refractivity contribution is -0.140. The molecular formula is C12H18F3N3OS. The summed E-state index contributed by atoms with van der Waals surface area (Å²) in [6.45, 7) is 4.05. The van der Waals surface area contributed by atoms with E-state index in [1.165, 1.54) is 0 Å². The Kier molecular flexibility index (Phi) is 5.94. The van der Waals surface area contributed by atoms with Gasteiger partial charge in [0, 0.05) is 17.8 Å². The van der Waals surface area contributed by atoms with E-state index in [2.05, 4.69) is 15.6 Å². The van der Waals surface area contributed by atoms with Crippen molar-refractivity contribution in [2.45, 2.75) is 32.5 Å². The molecule has 0 aromatic carbocycles. The van der Waals surface area contributed by atoms with Crippen molar-refractivity contribution in [1.29, 1.82) is 0 Å². The summed E-state index contributed by atoms with van der Waals surface area (Å²) in [5.74, 6) is -0.453. The average molecular weight is 309 g/mol. The van der Waals surface area contributed by atoms with Crippen LogP contribution >= 0.6 is 11.3 Å². The van der Waals surface area contributed by atoms with E-state index >= 15 is 0 Å². The predicted molar refractivity (Wildman–Crippen MR) is 71.4 cm³/mol. The summed E-state index contributed by atoms with van der Waals surface area (Å²) >= 11 is 0.915. The van der Waals surface area contributed by atoms with Gasteiger partial charge in [0.1, 0.15) is 5.01 Å². The van der Waals surface area contributed by atoms with Gasteiger partial charge in [-0.05, 0) is 13.5 Å². The minimum absolute atomic E-state index is 0.199. The van der Waals surface area contributed by atoms with E-state index in [1.54, 1.807) is 20.9 Å². The summed E-state index contributed by atoms with van der Waals surface area (Å²) in [6, 6.07) is -0.483. The van der Waals surface area contributed by atoms with Crippen molar-refractivity contribution in [3.8, 4) is 0 Å². The van der Waals surface area contributed by atoms with Gasteiger partial charge in [0.25, 0.3) is 0 Å². The molecule has 0 fully saturated rings. The first-order chi connectivity index (χ1) is 9.29. The molecule has 0 saturated heterocycles. The number of carbonyl (C=O) groups excluding carboxylic acids is 1. The number of carbonyl (C=O) groups is 1. The van der Waals surface area contributed by atoms with Crippen LogP contribution in [0.2, 0.25) is 0 Å². The molecular weight excluding hydrogens is 291 g/mol. The second kappa shape index (κ2) is 7.03. The van der Waals surface area contributed by atoms with Crippen LogP contribution in [0.5, 0.6) is 0 Å². The molecule has 0 aliphatic heterocycles. The molecule has 0 spiro atoms. The third-order valence-electron chi connectivity index (χ3n) is 2.79. The monoisotopic (exact) mass is 309 g/mol. The van der Waals surface area contributed by atoms with Gasteiger partial charge < -0.3 is 10.6 Å². The van der Waals surface area contributed by atoms with Crippen molar-refractivity contribution in [2.24, 2.45) is 5.92 Å². The first kappa shape index (κ1) is 16.9. The van der Waals surface area contributed by atoms with Gasteiger partial charge in [0.2, 0.25) is 5.91 Å². The largest absolute Gasteiger partial charge is 0.434 e. The summed E-state index contributed by atoms with van der Waals surface area (Å²) in [7, 11) is 1.73. The van der Waals surface area contributed by atoms with E-state index < -0.39 is 17.9 Å². The summed E-state index contributed by atoms with van der Waals surface area (Å²) in [5, 5.41) is 6.87. The van der Waals surface area contributed by atoms with Crippen molar-refractivity contribution < 1.29 is 18.0 Å². The number of aromatic nitrogens is 1. The lowest BCUT2D eigenvalue weighted by atomic mass is 10.1. The van der Waals surface area contributed by atoms with E-state index in [1.807, 2.05) is 0 Å². The second-order valence-corrected chi connectivity index (χ2v) is 5.39. The first-order valence-electron chi connectivity index (χ1n) is 6.27. The van der Waals surface area contributed by atoms with Gasteiger partial charge in [-0.1, -0.05) is 13.8 Å². The molecule has 8 heteroatoms. The van der Waals surface area contributed by atoms with E-state index in [0.29, 0.717) is 13.0 Å². The van der Waals surface area contributed by atoms with E-state index in [9.17, 15) is 18.0 Å². The van der Waals surface area contributed by atoms with Crippen LogP contribution in [0.3, 0.4) is 0 Å². The number of thiazole rings is 1. The van der Waals surface area contributed by atoms with E-state index in [-0.39, 0.29) is 16.8 Å². The van der Waals surface area contributed by atoms with Gasteiger partial charge in [-0.3, -0.25) is 4.79 Å². The van der Waals surface area contributed by atoms with Crippen LogP contribution in [0.25, 0.3) is 0 Å². The fourth-order valence-corrected chi connectivity index (χ4v) is 2.59. The molecule has 1 amide bonds. The number of rotatable bonds is 6. The number of hydrogen-bond donors (Lipinski definition) is 2. The molecule has 1 aromatic rings. The fraction of sp³-hybridized carbons (Fsp3) is 0.667. The van der Waals surface area contributed by atoms with E-state index in [4.69, 9.17) is 0 Å². The van der Waals surface area contributed by atoms with Crippen LogP contribution in [-0.4, -0.2) is 24.5 Å². The predicted octanol–water partition coefficient (Wildman–Crippen LogP) is 2.58. The number of halogens is 3. The Bertz CT molecular complexity index is 447.